The number of carbonyl (C=O) groups excluding carboxylic acids is 1. The standard InChI is InChI=1S/C28H36F3N5O2/c1-18(2)25(28(29,30)31)33-21-7-5-19(6-8-21)27(37)36-17-20-4-3-11-32-26(20)34-23-10-9-22(16-24(23)36)35-12-14-38-15-13-35/h3-4,9-11,16,18-19,21,25,33H,5-8,12-15,17H2,1-2H3,(H,32,34)/t19-,21+,25-/m0/s1. The van der Waals surface area contributed by atoms with Crippen LogP contribution in [0.5, 0.6) is 0 Å². The first-order chi connectivity index (χ1) is 18.2. The van der Waals surface area contributed by atoms with Crippen molar-refractivity contribution in [1.29, 1.82) is 0 Å². The van der Waals surface area contributed by atoms with Crippen molar-refractivity contribution in [2.45, 2.75) is 64.3 Å². The number of nitrogens with zero attached hydrogens (tertiary/aromatic N) is 3. The van der Waals surface area contributed by atoms with Crippen LogP contribution in [0.15, 0.2) is 36.5 Å². The lowest BCUT2D eigenvalue weighted by molar-refractivity contribution is -0.168. The second-order valence-corrected chi connectivity index (χ2v) is 10.8. The van der Waals surface area contributed by atoms with Crippen LogP contribution in [-0.2, 0) is 16.1 Å². The predicted octanol–water partition coefficient (Wildman–Crippen LogP) is 5.24. The van der Waals surface area contributed by atoms with Crippen molar-refractivity contribution >= 4 is 28.8 Å². The Morgan fingerprint density at radius 3 is 2.55 bits per heavy atom. The molecule has 5 rings (SSSR count). The minimum Gasteiger partial charge on any atom is -0.378 e. The number of nitrogens with one attached hydrogen (secondary N) is 2. The summed E-state index contributed by atoms with van der Waals surface area (Å²) >= 11 is 0. The van der Waals surface area contributed by atoms with E-state index in [-0.39, 0.29) is 17.9 Å². The number of morpholine rings is 1. The molecule has 2 aliphatic heterocycles. The zero-order valence-corrected chi connectivity index (χ0v) is 21.9. The quantitative estimate of drug-likeness (QED) is 0.550. The van der Waals surface area contributed by atoms with E-state index in [4.69, 9.17) is 4.74 Å². The van der Waals surface area contributed by atoms with E-state index in [2.05, 4.69) is 32.7 Å². The number of pyridine rings is 1. The highest BCUT2D eigenvalue weighted by atomic mass is 19.4. The van der Waals surface area contributed by atoms with Crippen LogP contribution in [-0.4, -0.2) is 55.5 Å². The van der Waals surface area contributed by atoms with Gasteiger partial charge in [0.15, 0.2) is 0 Å². The van der Waals surface area contributed by atoms with E-state index in [1.54, 1.807) is 20.0 Å². The Labute approximate surface area is 221 Å². The van der Waals surface area contributed by atoms with Gasteiger partial charge in [-0.05, 0) is 55.9 Å². The van der Waals surface area contributed by atoms with Gasteiger partial charge in [-0.3, -0.25) is 4.79 Å². The first-order valence-electron chi connectivity index (χ1n) is 13.5. The van der Waals surface area contributed by atoms with Crippen LogP contribution in [0.2, 0.25) is 0 Å². The minimum atomic E-state index is -4.29. The predicted molar refractivity (Wildman–Crippen MR) is 142 cm³/mol. The van der Waals surface area contributed by atoms with Gasteiger partial charge >= 0.3 is 6.18 Å². The maximum absolute atomic E-state index is 14.0. The number of rotatable bonds is 5. The maximum atomic E-state index is 14.0. The number of benzene rings is 1. The number of ether oxygens (including phenoxy) is 1. The van der Waals surface area contributed by atoms with E-state index in [0.717, 1.165) is 41.5 Å². The molecule has 2 aromatic rings. The monoisotopic (exact) mass is 531 g/mol. The molecule has 7 nitrogen and oxygen atoms in total. The highest BCUT2D eigenvalue weighted by molar-refractivity contribution is 6.00. The summed E-state index contributed by atoms with van der Waals surface area (Å²) in [7, 11) is 0. The molecule has 1 aromatic heterocycles. The van der Waals surface area contributed by atoms with Gasteiger partial charge in [0.05, 0.1) is 31.1 Å². The summed E-state index contributed by atoms with van der Waals surface area (Å²) in [5.41, 5.74) is 3.57. The summed E-state index contributed by atoms with van der Waals surface area (Å²) in [5.74, 6) is -0.0548. The fourth-order valence-corrected chi connectivity index (χ4v) is 5.77. The number of alkyl halides is 3. The molecule has 1 aliphatic carbocycles. The number of hydrogen-bond acceptors (Lipinski definition) is 6. The van der Waals surface area contributed by atoms with E-state index >= 15 is 0 Å². The molecular formula is C28H36F3N5O2. The average molecular weight is 532 g/mol. The van der Waals surface area contributed by atoms with Crippen molar-refractivity contribution in [2.75, 3.05) is 41.4 Å². The normalized spacial score (nSPS) is 22.8. The molecule has 1 atom stereocenters. The Hall–Kier alpha value is -2.85. The number of carbonyl (C=O) groups is 1. The van der Waals surface area contributed by atoms with E-state index in [1.807, 2.05) is 23.1 Å². The van der Waals surface area contributed by atoms with Gasteiger partial charge in [-0.15, -0.1) is 0 Å². The van der Waals surface area contributed by atoms with Crippen LogP contribution < -0.4 is 20.4 Å². The molecule has 1 amide bonds. The van der Waals surface area contributed by atoms with Crippen molar-refractivity contribution in [1.82, 2.24) is 10.3 Å². The van der Waals surface area contributed by atoms with Gasteiger partial charge in [0.25, 0.3) is 0 Å². The topological polar surface area (TPSA) is 69.7 Å². The van der Waals surface area contributed by atoms with E-state index < -0.39 is 18.1 Å². The van der Waals surface area contributed by atoms with Gasteiger partial charge in [-0.25, -0.2) is 4.98 Å². The van der Waals surface area contributed by atoms with Crippen LogP contribution in [0, 0.1) is 11.8 Å². The molecule has 2 N–H and O–H groups in total. The second-order valence-electron chi connectivity index (χ2n) is 10.8. The summed E-state index contributed by atoms with van der Waals surface area (Å²) in [6.07, 6.45) is -0.363. The summed E-state index contributed by atoms with van der Waals surface area (Å²) in [6, 6.07) is 8.15. The molecule has 3 heterocycles. The lowest BCUT2D eigenvalue weighted by atomic mass is 9.84. The molecule has 1 saturated carbocycles. The third kappa shape index (κ3) is 5.76. The van der Waals surface area contributed by atoms with Crippen LogP contribution >= 0.6 is 0 Å². The molecule has 0 unspecified atom stereocenters. The fourth-order valence-electron chi connectivity index (χ4n) is 5.77. The molecule has 3 aliphatic rings. The number of halogens is 3. The van der Waals surface area contributed by atoms with Gasteiger partial charge in [0.2, 0.25) is 5.91 Å². The zero-order chi connectivity index (χ0) is 26.9. The van der Waals surface area contributed by atoms with Crippen molar-refractivity contribution < 1.29 is 22.7 Å². The molecule has 0 bridgehead atoms. The van der Waals surface area contributed by atoms with Crippen molar-refractivity contribution in [3.05, 3.63) is 42.1 Å². The van der Waals surface area contributed by atoms with Crippen LogP contribution in [0.3, 0.4) is 0 Å². The number of anilines is 4. The van der Waals surface area contributed by atoms with Gasteiger partial charge in [-0.2, -0.15) is 13.2 Å². The van der Waals surface area contributed by atoms with Crippen molar-refractivity contribution in [2.24, 2.45) is 11.8 Å². The molecule has 206 valence electrons. The summed E-state index contributed by atoms with van der Waals surface area (Å²) < 4.78 is 46.0. The highest BCUT2D eigenvalue weighted by Crippen LogP contribution is 2.40. The van der Waals surface area contributed by atoms with Gasteiger partial charge < -0.3 is 25.2 Å². The highest BCUT2D eigenvalue weighted by Gasteiger charge is 2.43. The van der Waals surface area contributed by atoms with Crippen LogP contribution in [0.25, 0.3) is 0 Å². The minimum absolute atomic E-state index is 0.0126. The van der Waals surface area contributed by atoms with Gasteiger partial charge in [-0.1, -0.05) is 19.9 Å². The summed E-state index contributed by atoms with van der Waals surface area (Å²) in [6.45, 7) is 6.46. The lowest BCUT2D eigenvalue weighted by Gasteiger charge is -2.36. The first kappa shape index (κ1) is 26.7. The second kappa shape index (κ2) is 11.1. The smallest absolute Gasteiger partial charge is 0.378 e. The third-order valence-corrected chi connectivity index (χ3v) is 7.90. The molecule has 0 spiro atoms. The van der Waals surface area contributed by atoms with Crippen molar-refractivity contribution in [3.63, 3.8) is 0 Å². The molecule has 0 radical (unpaired) electrons. The first-order valence-corrected chi connectivity index (χ1v) is 13.5. The Morgan fingerprint density at radius 1 is 1.13 bits per heavy atom. The van der Waals surface area contributed by atoms with E-state index in [0.29, 0.717) is 45.4 Å². The van der Waals surface area contributed by atoms with E-state index in [9.17, 15) is 18.0 Å². The molecule has 1 aromatic carbocycles. The van der Waals surface area contributed by atoms with Gasteiger partial charge in [0, 0.05) is 42.5 Å². The molecule has 38 heavy (non-hydrogen) atoms. The Bertz CT molecular complexity index is 1130. The Balaban J connectivity index is 1.36. The summed E-state index contributed by atoms with van der Waals surface area (Å²) in [5, 5.41) is 6.24. The molecule has 1 saturated heterocycles. The van der Waals surface area contributed by atoms with Gasteiger partial charge in [0.1, 0.15) is 11.9 Å². The summed E-state index contributed by atoms with van der Waals surface area (Å²) in [4.78, 5) is 22.6. The zero-order valence-electron chi connectivity index (χ0n) is 21.9. The van der Waals surface area contributed by atoms with Crippen LogP contribution in [0.1, 0.15) is 45.1 Å². The van der Waals surface area contributed by atoms with Crippen molar-refractivity contribution in [3.8, 4) is 0 Å². The lowest BCUT2D eigenvalue weighted by Crippen LogP contribution is -2.51. The molecular weight excluding hydrogens is 495 g/mol. The molecule has 10 heteroatoms. The fraction of sp³-hybridized carbons (Fsp3) is 0.571. The maximum Gasteiger partial charge on any atom is 0.404 e. The Morgan fingerprint density at radius 2 is 1.87 bits per heavy atom. The number of aromatic nitrogens is 1. The number of hydrogen-bond donors (Lipinski definition) is 2. The SMILES string of the molecule is CC(C)[C@H](N[C@H]1CC[C@@H](C(=O)N2Cc3cccnc3Nc3ccc(N4CCOCC4)cc32)CC1)C(F)(F)F. The number of fused-ring (bicyclic) bond motifs is 2. The third-order valence-electron chi connectivity index (χ3n) is 7.90. The van der Waals surface area contributed by atoms with Crippen LogP contribution in [0.4, 0.5) is 36.1 Å². The number of amides is 1. The van der Waals surface area contributed by atoms with E-state index in [1.165, 1.54) is 0 Å². The average Bonchev–Trinajstić information content (AvgIpc) is 3.07. The molecule has 2 fully saturated rings. The Kier molecular flexibility index (Phi) is 7.81. The largest absolute Gasteiger partial charge is 0.404 e.